The molecule has 2 amide bonds. The van der Waals surface area contributed by atoms with Crippen molar-refractivity contribution in [2.45, 2.75) is 18.5 Å². The Bertz CT molecular complexity index is 1010. The molecule has 150 valence electrons. The first kappa shape index (κ1) is 19.1. The molecule has 0 radical (unpaired) electrons. The Hall–Kier alpha value is -3.26. The number of anilines is 1. The van der Waals surface area contributed by atoms with E-state index in [-0.39, 0.29) is 11.4 Å². The predicted molar refractivity (Wildman–Crippen MR) is 99.1 cm³/mol. The first-order chi connectivity index (χ1) is 13.8. The van der Waals surface area contributed by atoms with E-state index in [2.05, 4.69) is 0 Å². The maximum Gasteiger partial charge on any atom is 0.368 e. The SMILES string of the molecule is COC(=O)[C@]1(C)[NH2+][C@@H](c2ccc(O)cc2)[C@H]2C(=O)N(c3ccccc3F)C(=O)[C@H]21. The minimum absolute atomic E-state index is 0.0563. The molecule has 0 spiro atoms. The van der Waals surface area contributed by atoms with Crippen molar-refractivity contribution in [1.29, 1.82) is 0 Å². The zero-order chi connectivity index (χ0) is 20.9. The van der Waals surface area contributed by atoms with Gasteiger partial charge in [-0.3, -0.25) is 9.59 Å². The van der Waals surface area contributed by atoms with Crippen LogP contribution in [0.3, 0.4) is 0 Å². The zero-order valence-electron chi connectivity index (χ0n) is 15.8. The van der Waals surface area contributed by atoms with Gasteiger partial charge in [-0.05, 0) is 36.4 Å². The minimum atomic E-state index is -1.35. The molecule has 2 aliphatic heterocycles. The summed E-state index contributed by atoms with van der Waals surface area (Å²) >= 11 is 0. The van der Waals surface area contributed by atoms with Gasteiger partial charge in [0.25, 0.3) is 0 Å². The number of halogens is 1. The van der Waals surface area contributed by atoms with Crippen LogP contribution in [0, 0.1) is 17.7 Å². The number of phenols is 1. The van der Waals surface area contributed by atoms with E-state index in [1.54, 1.807) is 24.4 Å². The van der Waals surface area contributed by atoms with Crippen molar-refractivity contribution < 1.29 is 33.9 Å². The number of ether oxygens (including phenoxy) is 1. The van der Waals surface area contributed by atoms with Gasteiger partial charge in [0, 0.05) is 12.5 Å². The van der Waals surface area contributed by atoms with Gasteiger partial charge in [-0.1, -0.05) is 12.1 Å². The summed E-state index contributed by atoms with van der Waals surface area (Å²) in [6, 6.07) is 11.2. The smallest absolute Gasteiger partial charge is 0.368 e. The van der Waals surface area contributed by atoms with Crippen molar-refractivity contribution >= 4 is 23.5 Å². The molecule has 2 aromatic rings. The van der Waals surface area contributed by atoms with Crippen LogP contribution in [0.2, 0.25) is 0 Å². The third-order valence-electron chi connectivity index (χ3n) is 5.91. The third kappa shape index (κ3) is 2.71. The topological polar surface area (TPSA) is 101 Å². The van der Waals surface area contributed by atoms with Crippen molar-refractivity contribution in [1.82, 2.24) is 0 Å². The van der Waals surface area contributed by atoms with E-state index in [1.165, 1.54) is 43.5 Å². The minimum Gasteiger partial charge on any atom is -0.508 e. The lowest BCUT2D eigenvalue weighted by molar-refractivity contribution is -0.730. The number of nitrogens with zero attached hydrogens (tertiary/aromatic N) is 1. The molecule has 2 fully saturated rings. The monoisotopic (exact) mass is 399 g/mol. The van der Waals surface area contributed by atoms with Crippen molar-refractivity contribution in [2.75, 3.05) is 12.0 Å². The number of benzene rings is 2. The molecule has 7 nitrogen and oxygen atoms in total. The molecule has 0 bridgehead atoms. The lowest BCUT2D eigenvalue weighted by atomic mass is 9.80. The highest BCUT2D eigenvalue weighted by Gasteiger charge is 2.71. The fraction of sp³-hybridized carbons (Fsp3) is 0.286. The van der Waals surface area contributed by atoms with E-state index < -0.39 is 47.0 Å². The fourth-order valence-corrected chi connectivity index (χ4v) is 4.55. The van der Waals surface area contributed by atoms with Crippen molar-refractivity contribution in [2.24, 2.45) is 11.8 Å². The van der Waals surface area contributed by atoms with Gasteiger partial charge in [-0.25, -0.2) is 14.1 Å². The Labute approximate surface area is 166 Å². The number of carbonyl (C=O) groups excluding carboxylic acids is 3. The largest absolute Gasteiger partial charge is 0.508 e. The molecule has 8 heteroatoms. The highest BCUT2D eigenvalue weighted by molar-refractivity contribution is 6.23. The normalized spacial score (nSPS) is 28.5. The number of esters is 1. The summed E-state index contributed by atoms with van der Waals surface area (Å²) < 4.78 is 19.3. The number of rotatable bonds is 3. The highest BCUT2D eigenvalue weighted by atomic mass is 19.1. The van der Waals surface area contributed by atoms with Crippen LogP contribution < -0.4 is 10.2 Å². The number of amides is 2. The second kappa shape index (κ2) is 6.66. The van der Waals surface area contributed by atoms with Gasteiger partial charge in [0.2, 0.25) is 17.4 Å². The molecule has 2 saturated heterocycles. The van der Waals surface area contributed by atoms with Gasteiger partial charge >= 0.3 is 5.97 Å². The van der Waals surface area contributed by atoms with Gasteiger partial charge in [0.1, 0.15) is 29.4 Å². The number of phenolic OH excluding ortho intramolecular Hbond substituents is 1. The number of nitrogens with two attached hydrogens (primary N) is 1. The summed E-state index contributed by atoms with van der Waals surface area (Å²) in [5.74, 6) is -4.36. The van der Waals surface area contributed by atoms with Gasteiger partial charge in [-0.2, -0.15) is 0 Å². The summed E-state index contributed by atoms with van der Waals surface area (Å²) in [6.07, 6.45) is 0. The maximum absolute atomic E-state index is 14.4. The highest BCUT2D eigenvalue weighted by Crippen LogP contribution is 2.46. The number of hydrogen-bond donors (Lipinski definition) is 2. The Kier molecular flexibility index (Phi) is 4.38. The zero-order valence-corrected chi connectivity index (χ0v) is 15.8. The number of carbonyl (C=O) groups is 3. The summed E-state index contributed by atoms with van der Waals surface area (Å²) in [4.78, 5) is 40.1. The number of hydrogen-bond acceptors (Lipinski definition) is 5. The summed E-state index contributed by atoms with van der Waals surface area (Å²) in [7, 11) is 1.22. The average Bonchev–Trinajstić information content (AvgIpc) is 3.17. The molecule has 2 aliphatic rings. The van der Waals surface area contributed by atoms with Crippen LogP contribution in [0.5, 0.6) is 5.75 Å². The van der Waals surface area contributed by atoms with Crippen molar-refractivity contribution in [3.8, 4) is 5.75 Å². The molecule has 0 aliphatic carbocycles. The van der Waals surface area contributed by atoms with Crippen LogP contribution in [0.15, 0.2) is 48.5 Å². The van der Waals surface area contributed by atoms with Gasteiger partial charge in [0.05, 0.1) is 12.8 Å². The molecular weight excluding hydrogens is 379 g/mol. The Balaban J connectivity index is 1.84. The van der Waals surface area contributed by atoms with E-state index in [9.17, 15) is 23.9 Å². The molecule has 2 aromatic carbocycles. The molecule has 29 heavy (non-hydrogen) atoms. The summed E-state index contributed by atoms with van der Waals surface area (Å²) in [6.45, 7) is 1.56. The van der Waals surface area contributed by atoms with Gasteiger partial charge in [0.15, 0.2) is 0 Å². The van der Waals surface area contributed by atoms with Crippen LogP contribution in [0.4, 0.5) is 10.1 Å². The lowest BCUT2D eigenvalue weighted by Crippen LogP contribution is -2.97. The number of aromatic hydroxyl groups is 1. The second-order valence-corrected chi connectivity index (χ2v) is 7.53. The first-order valence-electron chi connectivity index (χ1n) is 9.15. The second-order valence-electron chi connectivity index (χ2n) is 7.53. The number of quaternary nitrogens is 1. The molecule has 0 aromatic heterocycles. The molecule has 0 unspecified atom stereocenters. The maximum atomic E-state index is 14.4. The molecule has 2 heterocycles. The lowest BCUT2D eigenvalue weighted by Gasteiger charge is -2.25. The first-order valence-corrected chi connectivity index (χ1v) is 9.15. The Morgan fingerprint density at radius 1 is 1.14 bits per heavy atom. The Morgan fingerprint density at radius 3 is 2.41 bits per heavy atom. The molecular formula is C21H20FN2O5+. The molecule has 4 rings (SSSR count). The van der Waals surface area contributed by atoms with E-state index in [1.807, 2.05) is 0 Å². The van der Waals surface area contributed by atoms with Crippen molar-refractivity contribution in [3.05, 3.63) is 59.9 Å². The van der Waals surface area contributed by atoms with Crippen LogP contribution in [0.1, 0.15) is 18.5 Å². The number of para-hydroxylation sites is 1. The molecule has 0 saturated carbocycles. The number of imide groups is 1. The van der Waals surface area contributed by atoms with Crippen LogP contribution >= 0.6 is 0 Å². The standard InChI is InChI=1S/C21H19FN2O5/c1-21(20(28)29-2)16-15(17(23-21)11-7-9-12(25)10-8-11)18(26)24(19(16)27)14-6-4-3-5-13(14)22/h3-10,15-17,23,25H,1-2H3/p+1/t15-,16-,17-,21+/m0/s1. The fourth-order valence-electron chi connectivity index (χ4n) is 4.55. The summed E-state index contributed by atoms with van der Waals surface area (Å²) in [5.41, 5.74) is -0.815. The quantitative estimate of drug-likeness (QED) is 0.590. The van der Waals surface area contributed by atoms with E-state index in [0.29, 0.717) is 5.56 Å². The average molecular weight is 399 g/mol. The summed E-state index contributed by atoms with van der Waals surface area (Å²) in [5, 5.41) is 11.2. The van der Waals surface area contributed by atoms with Crippen LogP contribution in [-0.4, -0.2) is 35.5 Å². The predicted octanol–water partition coefficient (Wildman–Crippen LogP) is 0.887. The van der Waals surface area contributed by atoms with E-state index in [0.717, 1.165) is 4.90 Å². The van der Waals surface area contributed by atoms with Crippen LogP contribution in [0.25, 0.3) is 0 Å². The van der Waals surface area contributed by atoms with Gasteiger partial charge < -0.3 is 15.2 Å². The van der Waals surface area contributed by atoms with Crippen molar-refractivity contribution in [3.63, 3.8) is 0 Å². The number of methoxy groups -OCH3 is 1. The van der Waals surface area contributed by atoms with Gasteiger partial charge in [-0.15, -0.1) is 0 Å². The van der Waals surface area contributed by atoms with E-state index in [4.69, 9.17) is 4.74 Å². The molecule has 3 N–H and O–H groups in total. The third-order valence-corrected chi connectivity index (χ3v) is 5.91. The molecule has 4 atom stereocenters. The Morgan fingerprint density at radius 2 is 1.79 bits per heavy atom. The number of fused-ring (bicyclic) bond motifs is 1. The van der Waals surface area contributed by atoms with Crippen LogP contribution in [-0.2, 0) is 19.1 Å². The van der Waals surface area contributed by atoms with E-state index >= 15 is 0 Å².